The molecule has 1 saturated carbocycles. The van der Waals surface area contributed by atoms with Crippen molar-refractivity contribution in [1.82, 2.24) is 4.90 Å². The van der Waals surface area contributed by atoms with Gasteiger partial charge in [-0.25, -0.2) is 0 Å². The summed E-state index contributed by atoms with van der Waals surface area (Å²) in [5.74, 6) is 0. The first kappa shape index (κ1) is 10.0. The molecule has 2 nitrogen and oxygen atoms in total. The van der Waals surface area contributed by atoms with Gasteiger partial charge in [-0.15, -0.1) is 0 Å². The maximum atomic E-state index is 10.0. The monoisotopic (exact) mass is 171 g/mol. The molecule has 2 heteroatoms. The standard InChI is InChI=1S/C10H21NO/c1-3-8-11(2)9-10(12)6-4-5-7-10/h12H,3-9H2,1-2H3. The smallest absolute Gasteiger partial charge is 0.0774 e. The fourth-order valence-corrected chi connectivity index (χ4v) is 2.15. The van der Waals surface area contributed by atoms with Gasteiger partial charge in [-0.1, -0.05) is 19.8 Å². The van der Waals surface area contributed by atoms with E-state index in [1.165, 1.54) is 19.3 Å². The Balaban J connectivity index is 2.28. The molecule has 72 valence electrons. The largest absolute Gasteiger partial charge is 0.389 e. The maximum absolute atomic E-state index is 10.0. The van der Waals surface area contributed by atoms with Crippen molar-refractivity contribution in [2.45, 2.75) is 44.6 Å². The number of rotatable bonds is 4. The quantitative estimate of drug-likeness (QED) is 0.695. The predicted octanol–water partition coefficient (Wildman–Crippen LogP) is 1.63. The third-order valence-electron chi connectivity index (χ3n) is 2.70. The summed E-state index contributed by atoms with van der Waals surface area (Å²) in [7, 11) is 2.10. The van der Waals surface area contributed by atoms with Crippen molar-refractivity contribution in [2.75, 3.05) is 20.1 Å². The van der Waals surface area contributed by atoms with Gasteiger partial charge in [-0.3, -0.25) is 0 Å². The Morgan fingerprint density at radius 2 is 1.92 bits per heavy atom. The van der Waals surface area contributed by atoms with Gasteiger partial charge in [0.05, 0.1) is 5.60 Å². The number of hydrogen-bond donors (Lipinski definition) is 1. The van der Waals surface area contributed by atoms with Gasteiger partial charge in [0.1, 0.15) is 0 Å². The van der Waals surface area contributed by atoms with Crippen LogP contribution in [-0.2, 0) is 0 Å². The van der Waals surface area contributed by atoms with Gasteiger partial charge in [0.2, 0.25) is 0 Å². The van der Waals surface area contributed by atoms with E-state index in [0.29, 0.717) is 0 Å². The third kappa shape index (κ3) is 2.76. The fraction of sp³-hybridized carbons (Fsp3) is 1.00. The van der Waals surface area contributed by atoms with Gasteiger partial charge in [-0.2, -0.15) is 0 Å². The number of aliphatic hydroxyl groups is 1. The second kappa shape index (κ2) is 4.24. The Hall–Kier alpha value is -0.0800. The normalized spacial score (nSPS) is 22.0. The van der Waals surface area contributed by atoms with E-state index in [1.807, 2.05) is 0 Å². The number of hydrogen-bond acceptors (Lipinski definition) is 2. The minimum absolute atomic E-state index is 0.357. The molecule has 0 aliphatic heterocycles. The van der Waals surface area contributed by atoms with E-state index in [1.54, 1.807) is 0 Å². The van der Waals surface area contributed by atoms with E-state index in [9.17, 15) is 5.11 Å². The fourth-order valence-electron chi connectivity index (χ4n) is 2.15. The molecule has 1 N–H and O–H groups in total. The van der Waals surface area contributed by atoms with Crippen LogP contribution in [0.1, 0.15) is 39.0 Å². The highest BCUT2D eigenvalue weighted by Crippen LogP contribution is 2.29. The topological polar surface area (TPSA) is 23.5 Å². The van der Waals surface area contributed by atoms with Gasteiger partial charge in [0, 0.05) is 6.54 Å². The van der Waals surface area contributed by atoms with Crippen LogP contribution in [0.3, 0.4) is 0 Å². The lowest BCUT2D eigenvalue weighted by atomic mass is 10.0. The van der Waals surface area contributed by atoms with E-state index in [-0.39, 0.29) is 5.60 Å². The Morgan fingerprint density at radius 1 is 1.33 bits per heavy atom. The van der Waals surface area contributed by atoms with Gasteiger partial charge < -0.3 is 10.0 Å². The molecule has 0 aromatic rings. The van der Waals surface area contributed by atoms with Crippen molar-refractivity contribution in [3.8, 4) is 0 Å². The van der Waals surface area contributed by atoms with Crippen LogP contribution in [0.25, 0.3) is 0 Å². The first-order chi connectivity index (χ1) is 5.66. The van der Waals surface area contributed by atoms with Crippen LogP contribution in [0.2, 0.25) is 0 Å². The second-order valence-electron chi connectivity index (χ2n) is 4.17. The molecular weight excluding hydrogens is 150 g/mol. The predicted molar refractivity (Wildman–Crippen MR) is 51.2 cm³/mol. The molecule has 0 amide bonds. The highest BCUT2D eigenvalue weighted by Gasteiger charge is 2.31. The molecule has 0 atom stereocenters. The van der Waals surface area contributed by atoms with Gasteiger partial charge >= 0.3 is 0 Å². The summed E-state index contributed by atoms with van der Waals surface area (Å²) >= 11 is 0. The molecule has 0 spiro atoms. The number of nitrogens with zero attached hydrogens (tertiary/aromatic N) is 1. The van der Waals surface area contributed by atoms with E-state index < -0.39 is 0 Å². The molecule has 1 fully saturated rings. The highest BCUT2D eigenvalue weighted by molar-refractivity contribution is 4.86. The van der Waals surface area contributed by atoms with Crippen LogP contribution in [0, 0.1) is 0 Å². The molecule has 0 unspecified atom stereocenters. The minimum Gasteiger partial charge on any atom is -0.389 e. The van der Waals surface area contributed by atoms with Crippen molar-refractivity contribution in [1.29, 1.82) is 0 Å². The van der Waals surface area contributed by atoms with Crippen molar-refractivity contribution >= 4 is 0 Å². The van der Waals surface area contributed by atoms with Crippen molar-refractivity contribution in [3.05, 3.63) is 0 Å². The third-order valence-corrected chi connectivity index (χ3v) is 2.70. The summed E-state index contributed by atoms with van der Waals surface area (Å²) in [6.45, 7) is 4.14. The summed E-state index contributed by atoms with van der Waals surface area (Å²) in [6, 6.07) is 0. The summed E-state index contributed by atoms with van der Waals surface area (Å²) in [4.78, 5) is 2.24. The average Bonchev–Trinajstić information content (AvgIpc) is 2.36. The molecule has 1 aliphatic rings. The average molecular weight is 171 g/mol. The molecule has 0 saturated heterocycles. The van der Waals surface area contributed by atoms with Crippen molar-refractivity contribution in [3.63, 3.8) is 0 Å². The van der Waals surface area contributed by atoms with Crippen molar-refractivity contribution < 1.29 is 5.11 Å². The Morgan fingerprint density at radius 3 is 2.42 bits per heavy atom. The molecule has 12 heavy (non-hydrogen) atoms. The van der Waals surface area contributed by atoms with Crippen LogP contribution < -0.4 is 0 Å². The Labute approximate surface area is 75.6 Å². The molecular formula is C10H21NO. The number of likely N-dealkylation sites (N-methyl/N-ethyl adjacent to an activating group) is 1. The molecule has 1 rings (SSSR count). The zero-order chi connectivity index (χ0) is 9.03. The lowest BCUT2D eigenvalue weighted by Crippen LogP contribution is -2.39. The molecule has 0 radical (unpaired) electrons. The van der Waals surface area contributed by atoms with Crippen molar-refractivity contribution in [2.24, 2.45) is 0 Å². The van der Waals surface area contributed by atoms with E-state index in [4.69, 9.17) is 0 Å². The molecule has 0 aromatic carbocycles. The van der Waals surface area contributed by atoms with E-state index >= 15 is 0 Å². The zero-order valence-electron chi connectivity index (χ0n) is 8.34. The zero-order valence-corrected chi connectivity index (χ0v) is 8.34. The van der Waals surface area contributed by atoms with Crippen LogP contribution in [0.15, 0.2) is 0 Å². The van der Waals surface area contributed by atoms with Gasteiger partial charge in [0.15, 0.2) is 0 Å². The first-order valence-electron chi connectivity index (χ1n) is 5.07. The van der Waals surface area contributed by atoms with E-state index in [0.717, 1.165) is 25.9 Å². The van der Waals surface area contributed by atoms with Crippen LogP contribution in [-0.4, -0.2) is 35.7 Å². The van der Waals surface area contributed by atoms with Gasteiger partial charge in [0.25, 0.3) is 0 Å². The SMILES string of the molecule is CCCN(C)CC1(O)CCCC1. The summed E-state index contributed by atoms with van der Waals surface area (Å²) in [5.41, 5.74) is -0.357. The lowest BCUT2D eigenvalue weighted by molar-refractivity contribution is 0.0165. The summed E-state index contributed by atoms with van der Waals surface area (Å²) in [5, 5.41) is 10.0. The highest BCUT2D eigenvalue weighted by atomic mass is 16.3. The Kier molecular flexibility index (Phi) is 3.53. The van der Waals surface area contributed by atoms with E-state index in [2.05, 4.69) is 18.9 Å². The summed E-state index contributed by atoms with van der Waals surface area (Å²) < 4.78 is 0. The molecule has 0 bridgehead atoms. The van der Waals surface area contributed by atoms with Crippen LogP contribution in [0.4, 0.5) is 0 Å². The molecule has 0 aromatic heterocycles. The summed E-state index contributed by atoms with van der Waals surface area (Å²) in [6.07, 6.45) is 5.58. The second-order valence-corrected chi connectivity index (χ2v) is 4.17. The maximum Gasteiger partial charge on any atom is 0.0774 e. The minimum atomic E-state index is -0.357. The molecule has 0 heterocycles. The van der Waals surface area contributed by atoms with Crippen LogP contribution >= 0.6 is 0 Å². The first-order valence-corrected chi connectivity index (χ1v) is 5.07. The van der Waals surface area contributed by atoms with Gasteiger partial charge in [-0.05, 0) is 32.9 Å². The Bertz CT molecular complexity index is 130. The van der Waals surface area contributed by atoms with Crippen LogP contribution in [0.5, 0.6) is 0 Å². The molecule has 1 aliphatic carbocycles. The lowest BCUT2D eigenvalue weighted by Gasteiger charge is -2.28.